The van der Waals surface area contributed by atoms with E-state index in [1.54, 1.807) is 31.2 Å². The molecule has 2 rings (SSSR count). The lowest BCUT2D eigenvalue weighted by Gasteiger charge is -2.08. The molecular formula is C17H18N2O5S. The van der Waals surface area contributed by atoms with Crippen LogP contribution in [-0.4, -0.2) is 31.1 Å². The Labute approximate surface area is 148 Å². The molecule has 132 valence electrons. The summed E-state index contributed by atoms with van der Waals surface area (Å²) in [6, 6.07) is 9.37. The summed E-state index contributed by atoms with van der Waals surface area (Å²) in [5.41, 5.74) is 0.395. The molecule has 25 heavy (non-hydrogen) atoms. The second-order valence-electron chi connectivity index (χ2n) is 4.84. The normalized spacial score (nSPS) is 9.96. The summed E-state index contributed by atoms with van der Waals surface area (Å²) in [6.45, 7) is 2.06. The van der Waals surface area contributed by atoms with E-state index in [2.05, 4.69) is 10.6 Å². The smallest absolute Gasteiger partial charge is 0.338 e. The van der Waals surface area contributed by atoms with Crippen molar-refractivity contribution >= 4 is 29.2 Å². The van der Waals surface area contributed by atoms with E-state index in [1.807, 2.05) is 17.5 Å². The Morgan fingerprint density at radius 3 is 2.52 bits per heavy atom. The van der Waals surface area contributed by atoms with Crippen molar-refractivity contribution in [2.45, 2.75) is 13.5 Å². The fourth-order valence-electron chi connectivity index (χ4n) is 1.84. The van der Waals surface area contributed by atoms with Gasteiger partial charge in [-0.2, -0.15) is 0 Å². The summed E-state index contributed by atoms with van der Waals surface area (Å²) in [5, 5.41) is 6.66. The summed E-state index contributed by atoms with van der Waals surface area (Å²) >= 11 is 1.51. The number of imide groups is 1. The molecular weight excluding hydrogens is 344 g/mol. The van der Waals surface area contributed by atoms with Crippen LogP contribution in [0.4, 0.5) is 4.79 Å². The number of thiophene rings is 1. The molecule has 0 radical (unpaired) electrons. The quantitative estimate of drug-likeness (QED) is 0.738. The number of esters is 1. The van der Waals surface area contributed by atoms with Crippen LogP contribution in [0.15, 0.2) is 41.8 Å². The Balaban J connectivity index is 1.72. The highest BCUT2D eigenvalue weighted by Crippen LogP contribution is 2.13. The van der Waals surface area contributed by atoms with E-state index in [0.717, 1.165) is 4.88 Å². The van der Waals surface area contributed by atoms with Crippen molar-refractivity contribution in [3.63, 3.8) is 0 Å². The average Bonchev–Trinajstić information content (AvgIpc) is 3.12. The molecule has 0 atom stereocenters. The van der Waals surface area contributed by atoms with Gasteiger partial charge in [0.1, 0.15) is 5.75 Å². The first-order valence-corrected chi connectivity index (χ1v) is 8.46. The molecule has 0 bridgehead atoms. The van der Waals surface area contributed by atoms with Gasteiger partial charge in [0.05, 0.1) is 18.7 Å². The van der Waals surface area contributed by atoms with Crippen LogP contribution >= 0.6 is 11.3 Å². The van der Waals surface area contributed by atoms with Gasteiger partial charge in [-0.05, 0) is 42.6 Å². The van der Waals surface area contributed by atoms with Crippen LogP contribution < -0.4 is 15.4 Å². The Morgan fingerprint density at radius 2 is 1.88 bits per heavy atom. The second-order valence-corrected chi connectivity index (χ2v) is 5.88. The SMILES string of the molecule is CCOC(=O)c1ccc(OCC(=O)NC(=O)NCc2cccs2)cc1. The number of ether oxygens (including phenoxy) is 2. The fraction of sp³-hybridized carbons (Fsp3) is 0.235. The summed E-state index contributed by atoms with van der Waals surface area (Å²) in [4.78, 5) is 35.8. The molecule has 1 aromatic carbocycles. The molecule has 1 aromatic heterocycles. The van der Waals surface area contributed by atoms with Crippen molar-refractivity contribution in [3.8, 4) is 5.75 Å². The molecule has 2 aromatic rings. The van der Waals surface area contributed by atoms with Gasteiger partial charge in [0.15, 0.2) is 6.61 Å². The number of hydrogen-bond acceptors (Lipinski definition) is 6. The summed E-state index contributed by atoms with van der Waals surface area (Å²) in [6.07, 6.45) is 0. The van der Waals surface area contributed by atoms with Crippen LogP contribution in [0.5, 0.6) is 5.75 Å². The number of hydrogen-bond donors (Lipinski definition) is 2. The van der Waals surface area contributed by atoms with Crippen LogP contribution in [0.25, 0.3) is 0 Å². The number of urea groups is 1. The third-order valence-electron chi connectivity index (χ3n) is 2.99. The Bertz CT molecular complexity index is 713. The predicted molar refractivity (Wildman–Crippen MR) is 92.6 cm³/mol. The van der Waals surface area contributed by atoms with Gasteiger partial charge in [0.25, 0.3) is 5.91 Å². The maximum Gasteiger partial charge on any atom is 0.338 e. The number of nitrogens with one attached hydrogen (secondary N) is 2. The summed E-state index contributed by atoms with van der Waals surface area (Å²) in [5.74, 6) is -0.588. The molecule has 0 spiro atoms. The summed E-state index contributed by atoms with van der Waals surface area (Å²) in [7, 11) is 0. The zero-order valence-corrected chi connectivity index (χ0v) is 14.4. The molecule has 0 fully saturated rings. The number of carbonyl (C=O) groups excluding carboxylic acids is 3. The van der Waals surface area contributed by atoms with Crippen molar-refractivity contribution < 1.29 is 23.9 Å². The van der Waals surface area contributed by atoms with E-state index >= 15 is 0 Å². The first-order valence-electron chi connectivity index (χ1n) is 7.58. The zero-order chi connectivity index (χ0) is 18.1. The molecule has 2 N–H and O–H groups in total. The van der Waals surface area contributed by atoms with Gasteiger partial charge in [0.2, 0.25) is 0 Å². The van der Waals surface area contributed by atoms with Gasteiger partial charge in [-0.3, -0.25) is 10.1 Å². The molecule has 0 saturated carbocycles. The highest BCUT2D eigenvalue weighted by Gasteiger charge is 2.10. The van der Waals surface area contributed by atoms with Crippen LogP contribution in [0.2, 0.25) is 0 Å². The maximum atomic E-state index is 11.7. The van der Waals surface area contributed by atoms with E-state index in [1.165, 1.54) is 11.3 Å². The van der Waals surface area contributed by atoms with E-state index in [0.29, 0.717) is 24.5 Å². The lowest BCUT2D eigenvalue weighted by atomic mass is 10.2. The number of carbonyl (C=O) groups is 3. The minimum Gasteiger partial charge on any atom is -0.484 e. The molecule has 7 nitrogen and oxygen atoms in total. The lowest BCUT2D eigenvalue weighted by molar-refractivity contribution is -0.122. The minimum atomic E-state index is -0.584. The molecule has 0 unspecified atom stereocenters. The van der Waals surface area contributed by atoms with Crippen LogP contribution in [-0.2, 0) is 16.1 Å². The first-order chi connectivity index (χ1) is 12.1. The molecule has 1 heterocycles. The van der Waals surface area contributed by atoms with Crippen molar-refractivity contribution in [3.05, 3.63) is 52.2 Å². The third-order valence-corrected chi connectivity index (χ3v) is 3.87. The highest BCUT2D eigenvalue weighted by molar-refractivity contribution is 7.09. The second kappa shape index (κ2) is 9.43. The van der Waals surface area contributed by atoms with E-state index in [-0.39, 0.29) is 6.61 Å². The van der Waals surface area contributed by atoms with Crippen LogP contribution in [0, 0.1) is 0 Å². The number of amides is 3. The molecule has 0 aliphatic rings. The molecule has 8 heteroatoms. The minimum absolute atomic E-state index is 0.297. The molecule has 3 amide bonds. The highest BCUT2D eigenvalue weighted by atomic mass is 32.1. The first kappa shape index (κ1) is 18.5. The largest absolute Gasteiger partial charge is 0.484 e. The Kier molecular flexibility index (Phi) is 6.97. The van der Waals surface area contributed by atoms with E-state index < -0.39 is 17.9 Å². The maximum absolute atomic E-state index is 11.7. The van der Waals surface area contributed by atoms with Gasteiger partial charge in [-0.25, -0.2) is 9.59 Å². The van der Waals surface area contributed by atoms with Crippen LogP contribution in [0.3, 0.4) is 0 Å². The van der Waals surface area contributed by atoms with Gasteiger partial charge in [-0.1, -0.05) is 6.07 Å². The van der Waals surface area contributed by atoms with Gasteiger partial charge in [0, 0.05) is 4.88 Å². The molecule has 0 aliphatic heterocycles. The predicted octanol–water partition coefficient (Wildman–Crippen LogP) is 2.33. The average molecular weight is 362 g/mol. The van der Waals surface area contributed by atoms with Gasteiger partial charge >= 0.3 is 12.0 Å². The van der Waals surface area contributed by atoms with Crippen molar-refractivity contribution in [1.29, 1.82) is 0 Å². The van der Waals surface area contributed by atoms with Crippen molar-refractivity contribution in [2.24, 2.45) is 0 Å². The van der Waals surface area contributed by atoms with Gasteiger partial charge < -0.3 is 14.8 Å². The fourth-order valence-corrected chi connectivity index (χ4v) is 2.48. The molecule has 0 aliphatic carbocycles. The Morgan fingerprint density at radius 1 is 1.12 bits per heavy atom. The lowest BCUT2D eigenvalue weighted by Crippen LogP contribution is -2.41. The third kappa shape index (κ3) is 6.27. The standard InChI is InChI=1S/C17H18N2O5S/c1-2-23-16(21)12-5-7-13(8-6-12)24-11-15(20)19-17(22)18-10-14-4-3-9-25-14/h3-9H,2,10-11H2,1H3,(H2,18,19,20,22). The number of rotatable bonds is 7. The summed E-state index contributed by atoms with van der Waals surface area (Å²) < 4.78 is 10.1. The number of benzene rings is 1. The molecule has 0 saturated heterocycles. The van der Waals surface area contributed by atoms with Crippen molar-refractivity contribution in [1.82, 2.24) is 10.6 Å². The zero-order valence-electron chi connectivity index (χ0n) is 13.6. The topological polar surface area (TPSA) is 93.7 Å². The van der Waals surface area contributed by atoms with E-state index in [4.69, 9.17) is 9.47 Å². The Hall–Kier alpha value is -2.87. The monoisotopic (exact) mass is 362 g/mol. The van der Waals surface area contributed by atoms with Crippen molar-refractivity contribution in [2.75, 3.05) is 13.2 Å². The van der Waals surface area contributed by atoms with Gasteiger partial charge in [-0.15, -0.1) is 11.3 Å². The van der Waals surface area contributed by atoms with E-state index in [9.17, 15) is 14.4 Å². The van der Waals surface area contributed by atoms with Crippen LogP contribution in [0.1, 0.15) is 22.2 Å².